The monoisotopic (exact) mass is 750 g/mol. The zero-order valence-corrected chi connectivity index (χ0v) is 31.9. The summed E-state index contributed by atoms with van der Waals surface area (Å²) in [6.45, 7) is 0. The Morgan fingerprint density at radius 3 is 1.58 bits per heavy atom. The molecule has 0 spiro atoms. The Balaban J connectivity index is 1.23. The number of benzene rings is 10. The highest BCUT2D eigenvalue weighted by molar-refractivity contribution is 6.22. The molecule has 0 unspecified atom stereocenters. The Morgan fingerprint density at radius 1 is 0.288 bits per heavy atom. The first-order valence-electron chi connectivity index (χ1n) is 20.0. The van der Waals surface area contributed by atoms with Crippen LogP contribution in [0, 0.1) is 0 Å². The van der Waals surface area contributed by atoms with Crippen molar-refractivity contribution >= 4 is 64.9 Å². The van der Waals surface area contributed by atoms with Crippen LogP contribution in [-0.4, -0.2) is 19.5 Å². The smallest absolute Gasteiger partial charge is 0.164 e. The third-order valence-corrected chi connectivity index (χ3v) is 11.8. The Labute approximate surface area is 340 Å². The van der Waals surface area contributed by atoms with E-state index in [1.54, 1.807) is 0 Å². The van der Waals surface area contributed by atoms with Crippen molar-refractivity contribution in [3.63, 3.8) is 0 Å². The molecule has 59 heavy (non-hydrogen) atoms. The van der Waals surface area contributed by atoms with Crippen LogP contribution in [0.15, 0.2) is 206 Å². The third kappa shape index (κ3) is 5.34. The lowest BCUT2D eigenvalue weighted by molar-refractivity contribution is 1.08. The molecule has 0 fully saturated rings. The summed E-state index contributed by atoms with van der Waals surface area (Å²) < 4.78 is 2.53. The average molecular weight is 751 g/mol. The highest BCUT2D eigenvalue weighted by atomic mass is 15.0. The summed E-state index contributed by atoms with van der Waals surface area (Å²) >= 11 is 0. The number of nitrogens with zero attached hydrogens (tertiary/aromatic N) is 4. The van der Waals surface area contributed by atoms with Gasteiger partial charge < -0.3 is 4.57 Å². The van der Waals surface area contributed by atoms with E-state index in [-0.39, 0.29) is 0 Å². The molecule has 0 aliphatic rings. The van der Waals surface area contributed by atoms with Gasteiger partial charge in [0.25, 0.3) is 0 Å². The molecule has 10 aromatic carbocycles. The van der Waals surface area contributed by atoms with Gasteiger partial charge in [0.1, 0.15) is 0 Å². The van der Waals surface area contributed by atoms with Crippen LogP contribution in [0.25, 0.3) is 116 Å². The molecule has 12 rings (SSSR count). The van der Waals surface area contributed by atoms with Crippen molar-refractivity contribution in [3.05, 3.63) is 206 Å². The lowest BCUT2D eigenvalue weighted by atomic mass is 9.93. The largest absolute Gasteiger partial charge is 0.307 e. The molecule has 274 valence electrons. The van der Waals surface area contributed by atoms with Gasteiger partial charge in [-0.15, -0.1) is 0 Å². The Hall–Kier alpha value is -7.95. The first-order valence-corrected chi connectivity index (χ1v) is 20.0. The molecule has 0 saturated heterocycles. The van der Waals surface area contributed by atoms with Crippen LogP contribution in [0.1, 0.15) is 0 Å². The van der Waals surface area contributed by atoms with Crippen molar-refractivity contribution in [2.45, 2.75) is 0 Å². The van der Waals surface area contributed by atoms with Gasteiger partial charge in [0.2, 0.25) is 0 Å². The lowest BCUT2D eigenvalue weighted by Crippen LogP contribution is -2.04. The Morgan fingerprint density at radius 2 is 0.831 bits per heavy atom. The van der Waals surface area contributed by atoms with Gasteiger partial charge in [0.15, 0.2) is 17.5 Å². The molecule has 12 aromatic rings. The molecule has 0 aliphatic carbocycles. The van der Waals surface area contributed by atoms with Crippen LogP contribution in [-0.2, 0) is 0 Å². The third-order valence-electron chi connectivity index (χ3n) is 11.8. The van der Waals surface area contributed by atoms with Crippen LogP contribution < -0.4 is 0 Å². The summed E-state index contributed by atoms with van der Waals surface area (Å²) in [7, 11) is 0. The molecule has 0 N–H and O–H groups in total. The van der Waals surface area contributed by atoms with Crippen molar-refractivity contribution in [1.82, 2.24) is 19.5 Å². The second-order valence-electron chi connectivity index (χ2n) is 15.2. The summed E-state index contributed by atoms with van der Waals surface area (Å²) in [5.74, 6) is 1.90. The zero-order valence-electron chi connectivity index (χ0n) is 31.9. The van der Waals surface area contributed by atoms with E-state index in [1.807, 2.05) is 18.2 Å². The second kappa shape index (κ2) is 13.3. The van der Waals surface area contributed by atoms with Crippen molar-refractivity contribution in [2.75, 3.05) is 0 Å². The highest BCUT2D eigenvalue weighted by Crippen LogP contribution is 2.45. The molecule has 2 heterocycles. The van der Waals surface area contributed by atoms with E-state index in [9.17, 15) is 0 Å². The number of rotatable bonds is 5. The molecule has 0 radical (unpaired) electrons. The van der Waals surface area contributed by atoms with Gasteiger partial charge in [-0.25, -0.2) is 15.0 Å². The fourth-order valence-corrected chi connectivity index (χ4v) is 9.07. The molecule has 0 saturated carbocycles. The lowest BCUT2D eigenvalue weighted by Gasteiger charge is -2.20. The van der Waals surface area contributed by atoms with E-state index < -0.39 is 0 Å². The van der Waals surface area contributed by atoms with Gasteiger partial charge in [-0.2, -0.15) is 0 Å². The fraction of sp³-hybridized carbons (Fsp3) is 0. The molecule has 4 heteroatoms. The molecular weight excluding hydrogens is 717 g/mol. The van der Waals surface area contributed by atoms with Crippen molar-refractivity contribution in [2.24, 2.45) is 0 Å². The van der Waals surface area contributed by atoms with Crippen LogP contribution in [0.2, 0.25) is 0 Å². The van der Waals surface area contributed by atoms with E-state index >= 15 is 0 Å². The molecule has 0 amide bonds. The van der Waals surface area contributed by atoms with Crippen LogP contribution in [0.5, 0.6) is 0 Å². The van der Waals surface area contributed by atoms with Gasteiger partial charge in [-0.05, 0) is 56.1 Å². The van der Waals surface area contributed by atoms with E-state index in [1.165, 1.54) is 37.8 Å². The van der Waals surface area contributed by atoms with Gasteiger partial charge in [-0.1, -0.05) is 188 Å². The first-order chi connectivity index (χ1) is 29.3. The van der Waals surface area contributed by atoms with Gasteiger partial charge >= 0.3 is 0 Å². The maximum absolute atomic E-state index is 5.37. The summed E-state index contributed by atoms with van der Waals surface area (Å²) in [6.07, 6.45) is 0. The predicted molar refractivity (Wildman–Crippen MR) is 246 cm³/mol. The maximum atomic E-state index is 5.37. The van der Waals surface area contributed by atoms with Crippen LogP contribution >= 0.6 is 0 Å². The number of hydrogen-bond acceptors (Lipinski definition) is 3. The zero-order chi connectivity index (χ0) is 38.9. The fourth-order valence-electron chi connectivity index (χ4n) is 9.07. The molecule has 0 atom stereocenters. The molecule has 2 aromatic heterocycles. The molecule has 0 bridgehead atoms. The normalized spacial score (nSPS) is 11.7. The van der Waals surface area contributed by atoms with E-state index in [0.29, 0.717) is 17.5 Å². The standard InChI is InChI=1S/C55H34N4/c1-3-16-36(17-4-1)47-34-49(55-57-53(38-20-5-2-6-21-38)56-54(58-55)46-29-15-24-35-18-9-11-25-41(35)46)43-27-13-14-28-44(43)52(47)59-50-33-40-23-8-7-22-39(40)32-48(50)45-31-30-37-19-10-12-26-42(37)51(45)59/h1-34H. The van der Waals surface area contributed by atoms with E-state index in [0.717, 1.165) is 60.6 Å². The number of hydrogen-bond donors (Lipinski definition) is 0. The predicted octanol–water partition coefficient (Wildman–Crippen LogP) is 14.2. The Kier molecular flexibility index (Phi) is 7.50. The average Bonchev–Trinajstić information content (AvgIpc) is 3.63. The summed E-state index contributed by atoms with van der Waals surface area (Å²) in [6, 6.07) is 73.5. The maximum Gasteiger partial charge on any atom is 0.164 e. The van der Waals surface area contributed by atoms with Gasteiger partial charge in [0, 0.05) is 43.8 Å². The van der Waals surface area contributed by atoms with Crippen molar-refractivity contribution in [1.29, 1.82) is 0 Å². The van der Waals surface area contributed by atoms with Gasteiger partial charge in [0.05, 0.1) is 16.7 Å². The number of fused-ring (bicyclic) bond motifs is 8. The van der Waals surface area contributed by atoms with Crippen molar-refractivity contribution < 1.29 is 0 Å². The van der Waals surface area contributed by atoms with Crippen LogP contribution in [0.4, 0.5) is 0 Å². The first kappa shape index (κ1) is 33.2. The molecule has 0 aliphatic heterocycles. The summed E-state index contributed by atoms with van der Waals surface area (Å²) in [5.41, 5.74) is 8.52. The second-order valence-corrected chi connectivity index (χ2v) is 15.2. The Bertz CT molecular complexity index is 3600. The molecular formula is C55H34N4. The highest BCUT2D eigenvalue weighted by Gasteiger charge is 2.24. The summed E-state index contributed by atoms with van der Waals surface area (Å²) in [5, 5.41) is 11.7. The van der Waals surface area contributed by atoms with Crippen LogP contribution in [0.3, 0.4) is 0 Å². The quantitative estimate of drug-likeness (QED) is 0.176. The van der Waals surface area contributed by atoms with E-state index in [2.05, 4.69) is 193 Å². The van der Waals surface area contributed by atoms with E-state index in [4.69, 9.17) is 15.0 Å². The topological polar surface area (TPSA) is 43.6 Å². The minimum Gasteiger partial charge on any atom is -0.307 e. The molecule has 4 nitrogen and oxygen atoms in total. The number of aromatic nitrogens is 4. The SMILES string of the molecule is c1ccc(-c2nc(-c3cccc4ccccc34)nc(-c3cc(-c4ccccc4)c(-n4c5cc6ccccc6cc5c5ccc6ccccc6c54)c4ccccc34)n2)cc1. The van der Waals surface area contributed by atoms with Gasteiger partial charge in [-0.3, -0.25) is 0 Å². The summed E-state index contributed by atoms with van der Waals surface area (Å²) in [4.78, 5) is 15.8. The van der Waals surface area contributed by atoms with Crippen molar-refractivity contribution in [3.8, 4) is 51.0 Å². The minimum absolute atomic E-state index is 0.625. The minimum atomic E-state index is 0.625.